The normalized spacial score (nSPS) is 20.9. The molecule has 86 valence electrons. The SMILES string of the molecule is COc1ccc([C@H]2CCCCC2=O)cc1F. The molecule has 1 atom stereocenters. The number of rotatable bonds is 2. The van der Waals surface area contributed by atoms with Gasteiger partial charge in [-0.3, -0.25) is 4.79 Å². The number of ether oxygens (including phenoxy) is 1. The van der Waals surface area contributed by atoms with Gasteiger partial charge < -0.3 is 4.74 Å². The Hall–Kier alpha value is -1.38. The molecule has 1 aromatic rings. The third kappa shape index (κ3) is 2.08. The first-order valence-corrected chi connectivity index (χ1v) is 5.58. The Kier molecular flexibility index (Phi) is 3.22. The molecule has 2 rings (SSSR count). The first kappa shape index (κ1) is 11.1. The summed E-state index contributed by atoms with van der Waals surface area (Å²) >= 11 is 0. The predicted octanol–water partition coefficient (Wildman–Crippen LogP) is 3.06. The number of hydrogen-bond donors (Lipinski definition) is 0. The molecule has 0 aliphatic heterocycles. The van der Waals surface area contributed by atoms with Crippen molar-refractivity contribution in [2.24, 2.45) is 0 Å². The fraction of sp³-hybridized carbons (Fsp3) is 0.462. The van der Waals surface area contributed by atoms with Crippen LogP contribution in [0.2, 0.25) is 0 Å². The van der Waals surface area contributed by atoms with Crippen LogP contribution in [-0.2, 0) is 4.79 Å². The number of halogens is 1. The third-order valence-electron chi connectivity index (χ3n) is 3.13. The van der Waals surface area contributed by atoms with Crippen molar-refractivity contribution < 1.29 is 13.9 Å². The highest BCUT2D eigenvalue weighted by atomic mass is 19.1. The lowest BCUT2D eigenvalue weighted by Gasteiger charge is -2.21. The van der Waals surface area contributed by atoms with Crippen LogP contribution in [0.4, 0.5) is 4.39 Å². The Morgan fingerprint density at radius 1 is 1.38 bits per heavy atom. The molecule has 1 fully saturated rings. The molecule has 0 unspecified atom stereocenters. The largest absolute Gasteiger partial charge is 0.494 e. The van der Waals surface area contributed by atoms with E-state index in [4.69, 9.17) is 4.74 Å². The zero-order chi connectivity index (χ0) is 11.5. The molecule has 3 heteroatoms. The molecule has 2 nitrogen and oxygen atoms in total. The summed E-state index contributed by atoms with van der Waals surface area (Å²) in [6.07, 6.45) is 3.47. The van der Waals surface area contributed by atoms with Crippen LogP contribution in [0, 0.1) is 5.82 Å². The van der Waals surface area contributed by atoms with Crippen molar-refractivity contribution in [3.63, 3.8) is 0 Å². The molecule has 0 aromatic heterocycles. The van der Waals surface area contributed by atoms with Crippen LogP contribution in [0.25, 0.3) is 0 Å². The smallest absolute Gasteiger partial charge is 0.165 e. The Bertz CT molecular complexity index is 401. The quantitative estimate of drug-likeness (QED) is 0.768. The summed E-state index contributed by atoms with van der Waals surface area (Å²) in [4.78, 5) is 11.7. The molecule has 1 aliphatic carbocycles. The van der Waals surface area contributed by atoms with Gasteiger partial charge in [-0.1, -0.05) is 12.5 Å². The number of hydrogen-bond acceptors (Lipinski definition) is 2. The van der Waals surface area contributed by atoms with Crippen LogP contribution in [0.15, 0.2) is 18.2 Å². The van der Waals surface area contributed by atoms with E-state index in [9.17, 15) is 9.18 Å². The molecule has 1 saturated carbocycles. The lowest BCUT2D eigenvalue weighted by molar-refractivity contribution is -0.121. The maximum absolute atomic E-state index is 13.5. The van der Waals surface area contributed by atoms with Gasteiger partial charge >= 0.3 is 0 Å². The van der Waals surface area contributed by atoms with Crippen LogP contribution in [-0.4, -0.2) is 12.9 Å². The van der Waals surface area contributed by atoms with E-state index in [-0.39, 0.29) is 17.5 Å². The molecule has 0 bridgehead atoms. The van der Waals surface area contributed by atoms with E-state index in [0.29, 0.717) is 6.42 Å². The lowest BCUT2D eigenvalue weighted by Crippen LogP contribution is -2.17. The second-order valence-corrected chi connectivity index (χ2v) is 4.16. The molecule has 0 saturated heterocycles. The van der Waals surface area contributed by atoms with Crippen molar-refractivity contribution in [1.29, 1.82) is 0 Å². The van der Waals surface area contributed by atoms with Gasteiger partial charge in [0.15, 0.2) is 11.6 Å². The summed E-state index contributed by atoms with van der Waals surface area (Å²) in [6, 6.07) is 4.80. The topological polar surface area (TPSA) is 26.3 Å². The number of methoxy groups -OCH3 is 1. The van der Waals surface area contributed by atoms with Gasteiger partial charge in [0.1, 0.15) is 5.78 Å². The fourth-order valence-electron chi connectivity index (χ4n) is 2.23. The van der Waals surface area contributed by atoms with E-state index >= 15 is 0 Å². The number of carbonyl (C=O) groups is 1. The van der Waals surface area contributed by atoms with E-state index in [0.717, 1.165) is 24.8 Å². The van der Waals surface area contributed by atoms with E-state index in [1.54, 1.807) is 12.1 Å². The maximum atomic E-state index is 13.5. The molecule has 1 aliphatic rings. The monoisotopic (exact) mass is 222 g/mol. The highest BCUT2D eigenvalue weighted by Gasteiger charge is 2.24. The van der Waals surface area contributed by atoms with E-state index in [1.165, 1.54) is 13.2 Å². The molecule has 0 radical (unpaired) electrons. The van der Waals surface area contributed by atoms with E-state index in [2.05, 4.69) is 0 Å². The van der Waals surface area contributed by atoms with Crippen molar-refractivity contribution >= 4 is 5.78 Å². The zero-order valence-corrected chi connectivity index (χ0v) is 9.33. The second kappa shape index (κ2) is 4.64. The minimum absolute atomic E-state index is 0.117. The predicted molar refractivity (Wildman–Crippen MR) is 59.2 cm³/mol. The Morgan fingerprint density at radius 2 is 2.19 bits per heavy atom. The van der Waals surface area contributed by atoms with Gasteiger partial charge in [0.25, 0.3) is 0 Å². The van der Waals surface area contributed by atoms with Crippen LogP contribution < -0.4 is 4.74 Å². The van der Waals surface area contributed by atoms with Crippen molar-refractivity contribution in [3.05, 3.63) is 29.6 Å². The summed E-state index contributed by atoms with van der Waals surface area (Å²) in [6.45, 7) is 0. The number of benzene rings is 1. The van der Waals surface area contributed by atoms with Crippen molar-refractivity contribution in [1.82, 2.24) is 0 Å². The number of carbonyl (C=O) groups excluding carboxylic acids is 1. The highest BCUT2D eigenvalue weighted by molar-refractivity contribution is 5.86. The summed E-state index contributed by atoms with van der Waals surface area (Å²) in [5, 5.41) is 0. The third-order valence-corrected chi connectivity index (χ3v) is 3.13. The van der Waals surface area contributed by atoms with Crippen molar-refractivity contribution in [2.75, 3.05) is 7.11 Å². The molecular formula is C13H15FO2. The molecule has 0 spiro atoms. The van der Waals surface area contributed by atoms with Gasteiger partial charge in [-0.2, -0.15) is 0 Å². The fourth-order valence-corrected chi connectivity index (χ4v) is 2.23. The van der Waals surface area contributed by atoms with Gasteiger partial charge in [-0.05, 0) is 30.5 Å². The molecular weight excluding hydrogens is 207 g/mol. The first-order valence-electron chi connectivity index (χ1n) is 5.58. The number of Topliss-reactive ketones (excluding diaryl/α,β-unsaturated/α-hetero) is 1. The first-order chi connectivity index (χ1) is 7.72. The van der Waals surface area contributed by atoms with E-state index in [1.807, 2.05) is 0 Å². The Balaban J connectivity index is 2.26. The van der Waals surface area contributed by atoms with Crippen molar-refractivity contribution in [2.45, 2.75) is 31.6 Å². The average molecular weight is 222 g/mol. The second-order valence-electron chi connectivity index (χ2n) is 4.16. The summed E-state index contributed by atoms with van der Waals surface area (Å²) < 4.78 is 18.4. The summed E-state index contributed by atoms with van der Waals surface area (Å²) in [5.41, 5.74) is 0.781. The van der Waals surface area contributed by atoms with Gasteiger partial charge in [0, 0.05) is 12.3 Å². The highest BCUT2D eigenvalue weighted by Crippen LogP contribution is 2.31. The van der Waals surface area contributed by atoms with Gasteiger partial charge in [-0.15, -0.1) is 0 Å². The average Bonchev–Trinajstić information content (AvgIpc) is 2.29. The van der Waals surface area contributed by atoms with Crippen LogP contribution in [0.1, 0.15) is 37.2 Å². The Morgan fingerprint density at radius 3 is 2.81 bits per heavy atom. The Labute approximate surface area is 94.4 Å². The van der Waals surface area contributed by atoms with E-state index < -0.39 is 5.82 Å². The van der Waals surface area contributed by atoms with Crippen LogP contribution in [0.5, 0.6) is 5.75 Å². The van der Waals surface area contributed by atoms with Crippen LogP contribution >= 0.6 is 0 Å². The van der Waals surface area contributed by atoms with Gasteiger partial charge in [0.05, 0.1) is 7.11 Å². The van der Waals surface area contributed by atoms with Crippen LogP contribution in [0.3, 0.4) is 0 Å². The molecule has 16 heavy (non-hydrogen) atoms. The lowest BCUT2D eigenvalue weighted by atomic mass is 9.83. The molecule has 0 N–H and O–H groups in total. The maximum Gasteiger partial charge on any atom is 0.165 e. The number of ketones is 1. The molecule has 1 aromatic carbocycles. The zero-order valence-electron chi connectivity index (χ0n) is 9.33. The molecule has 0 amide bonds. The standard InChI is InChI=1S/C13H15FO2/c1-16-13-7-6-9(8-11(13)14)10-4-2-3-5-12(10)15/h6-8,10H,2-5H2,1H3/t10-/m1/s1. The summed E-state index contributed by atoms with van der Waals surface area (Å²) in [7, 11) is 1.43. The minimum atomic E-state index is -0.390. The molecule has 0 heterocycles. The van der Waals surface area contributed by atoms with Gasteiger partial charge in [-0.25, -0.2) is 4.39 Å². The van der Waals surface area contributed by atoms with Crippen molar-refractivity contribution in [3.8, 4) is 5.75 Å². The summed E-state index contributed by atoms with van der Waals surface area (Å²) in [5.74, 6) is -0.0460. The minimum Gasteiger partial charge on any atom is -0.494 e. The van der Waals surface area contributed by atoms with Gasteiger partial charge in [0.2, 0.25) is 0 Å².